The highest BCUT2D eigenvalue weighted by molar-refractivity contribution is 7.07. The van der Waals surface area contributed by atoms with E-state index in [1.807, 2.05) is 0 Å². The molecule has 0 aliphatic carbocycles. The summed E-state index contributed by atoms with van der Waals surface area (Å²) < 4.78 is 39.3. The molecule has 0 aliphatic heterocycles. The minimum Gasteiger partial charge on any atom is -0.307 e. The van der Waals surface area contributed by atoms with Gasteiger partial charge in [0.1, 0.15) is 0 Å². The molecule has 4 aromatic rings. The fourth-order valence-electron chi connectivity index (χ4n) is 2.98. The van der Waals surface area contributed by atoms with Crippen LogP contribution in [-0.4, -0.2) is 35.2 Å². The van der Waals surface area contributed by atoms with E-state index in [2.05, 4.69) is 20.1 Å². The van der Waals surface area contributed by atoms with Crippen LogP contribution in [-0.2, 0) is 4.79 Å². The number of urea groups is 1. The zero-order chi connectivity index (χ0) is 24.6. The van der Waals surface area contributed by atoms with Crippen molar-refractivity contribution in [1.82, 2.24) is 9.97 Å². The van der Waals surface area contributed by atoms with E-state index in [0.717, 1.165) is 0 Å². The van der Waals surface area contributed by atoms with Crippen molar-refractivity contribution >= 4 is 68.9 Å². The number of benzene rings is 2. The van der Waals surface area contributed by atoms with E-state index in [9.17, 15) is 22.8 Å². The van der Waals surface area contributed by atoms with Gasteiger partial charge in [-0.15, -0.1) is 11.3 Å². The van der Waals surface area contributed by atoms with Gasteiger partial charge in [0.2, 0.25) is 5.52 Å². The average Bonchev–Trinajstić information content (AvgIpc) is 3.41. The van der Waals surface area contributed by atoms with Crippen molar-refractivity contribution in [2.45, 2.75) is 6.18 Å². The second-order valence-corrected chi connectivity index (χ2v) is 8.40. The van der Waals surface area contributed by atoms with Gasteiger partial charge in [-0.2, -0.15) is 13.2 Å². The van der Waals surface area contributed by atoms with Crippen LogP contribution in [0.1, 0.15) is 0 Å². The molecule has 2 amide bonds. The number of nitrogens with zero attached hydrogens (tertiary/aromatic N) is 3. The Morgan fingerprint density at radius 1 is 1.21 bits per heavy atom. The predicted molar refractivity (Wildman–Crippen MR) is 121 cm³/mol. The van der Waals surface area contributed by atoms with E-state index < -0.39 is 18.2 Å². The maximum atomic E-state index is 12.9. The summed E-state index contributed by atoms with van der Waals surface area (Å²) in [5, 5.41) is 4.83. The molecule has 4 rings (SSSR count). The molecule has 2 aromatic carbocycles. The number of alkyl halides is 3. The van der Waals surface area contributed by atoms with Crippen LogP contribution >= 0.6 is 34.5 Å². The Morgan fingerprint density at radius 3 is 2.62 bits per heavy atom. The third kappa shape index (κ3) is 4.79. The van der Waals surface area contributed by atoms with Gasteiger partial charge >= 0.3 is 24.0 Å². The van der Waals surface area contributed by atoms with E-state index in [4.69, 9.17) is 23.2 Å². The number of halogens is 5. The molecule has 14 heteroatoms. The van der Waals surface area contributed by atoms with Gasteiger partial charge < -0.3 is 5.32 Å². The summed E-state index contributed by atoms with van der Waals surface area (Å²) in [6, 6.07) is 8.40. The first-order valence-electron chi connectivity index (χ1n) is 9.30. The van der Waals surface area contributed by atoms with Crippen molar-refractivity contribution < 1.29 is 32.3 Å². The van der Waals surface area contributed by atoms with Gasteiger partial charge in [0.15, 0.2) is 11.2 Å². The van der Waals surface area contributed by atoms with Crippen molar-refractivity contribution in [2.24, 2.45) is 0 Å². The molecule has 2 aromatic heterocycles. The van der Waals surface area contributed by atoms with Gasteiger partial charge in [0.05, 0.1) is 16.2 Å². The molecule has 0 fully saturated rings. The SMILES string of the molecule is CN(C(=O)Nc1ccc2[nH]c(-c3cscn3)[n+](OC(=O)C(F)(F)F)c2c1)c1ccc(Cl)cc1Cl. The highest BCUT2D eigenvalue weighted by atomic mass is 35.5. The molecule has 0 aliphatic rings. The summed E-state index contributed by atoms with van der Waals surface area (Å²) >= 11 is 13.2. The third-order valence-electron chi connectivity index (χ3n) is 4.58. The molecule has 176 valence electrons. The summed E-state index contributed by atoms with van der Waals surface area (Å²) in [5.41, 5.74) is 2.73. The lowest BCUT2D eigenvalue weighted by atomic mass is 10.2. The van der Waals surface area contributed by atoms with Crippen molar-refractivity contribution in [2.75, 3.05) is 17.3 Å². The number of fused-ring (bicyclic) bond motifs is 1. The van der Waals surface area contributed by atoms with E-state index in [0.29, 0.717) is 21.0 Å². The first-order chi connectivity index (χ1) is 16.0. The highest BCUT2D eigenvalue weighted by Crippen LogP contribution is 2.29. The van der Waals surface area contributed by atoms with Crippen molar-refractivity contribution in [3.05, 3.63) is 57.3 Å². The lowest BCUT2D eigenvalue weighted by molar-refractivity contribution is -0.841. The van der Waals surface area contributed by atoms with Crippen molar-refractivity contribution in [3.8, 4) is 11.5 Å². The second-order valence-electron chi connectivity index (χ2n) is 6.84. The lowest BCUT2D eigenvalue weighted by Gasteiger charge is -2.19. The van der Waals surface area contributed by atoms with E-state index >= 15 is 0 Å². The van der Waals surface area contributed by atoms with Gasteiger partial charge in [0.25, 0.3) is 0 Å². The zero-order valence-corrected chi connectivity index (χ0v) is 19.3. The van der Waals surface area contributed by atoms with E-state index in [1.54, 1.807) is 17.5 Å². The normalized spacial score (nSPS) is 11.5. The standard InChI is InChI=1S/C20H12Cl2F3N5O3S/c1-29(15-5-2-10(21)6-12(15)22)19(32)27-11-3-4-13-16(7-11)30(33-18(31)20(23,24)25)17(28-13)14-8-34-9-26-14/h2-9H,1H3,(H,27,32)/p+1. The van der Waals surface area contributed by atoms with Crippen LogP contribution in [0.3, 0.4) is 0 Å². The Labute approximate surface area is 203 Å². The Hall–Kier alpha value is -3.35. The molecular weight excluding hydrogens is 518 g/mol. The van der Waals surface area contributed by atoms with E-state index in [1.165, 1.54) is 53.1 Å². The van der Waals surface area contributed by atoms with Crippen LogP contribution in [0.15, 0.2) is 47.3 Å². The molecule has 2 heterocycles. The lowest BCUT2D eigenvalue weighted by Crippen LogP contribution is -2.51. The third-order valence-corrected chi connectivity index (χ3v) is 5.70. The molecule has 0 saturated carbocycles. The van der Waals surface area contributed by atoms with Crippen LogP contribution in [0.25, 0.3) is 22.6 Å². The number of thiazole rings is 1. The first kappa shape index (κ1) is 23.8. The number of carbonyl (C=O) groups excluding carboxylic acids is 2. The Morgan fingerprint density at radius 2 is 1.97 bits per heavy atom. The monoisotopic (exact) mass is 530 g/mol. The number of nitrogens with one attached hydrogen (secondary N) is 2. The number of amides is 2. The number of anilines is 2. The minimum absolute atomic E-state index is 0.0161. The Kier molecular flexibility index (Phi) is 6.39. The van der Waals surface area contributed by atoms with Crippen LogP contribution < -0.4 is 19.8 Å². The minimum atomic E-state index is -5.22. The maximum absolute atomic E-state index is 12.9. The molecule has 0 bridgehead atoms. The molecule has 8 nitrogen and oxygen atoms in total. The van der Waals surface area contributed by atoms with Crippen molar-refractivity contribution in [1.29, 1.82) is 0 Å². The van der Waals surface area contributed by atoms with Crippen LogP contribution in [0.4, 0.5) is 29.3 Å². The number of aromatic nitrogens is 3. The number of hydrogen-bond donors (Lipinski definition) is 2. The molecule has 2 N–H and O–H groups in total. The molecule has 0 unspecified atom stereocenters. The molecule has 0 atom stereocenters. The summed E-state index contributed by atoms with van der Waals surface area (Å²) in [6.45, 7) is 0. The first-order valence-corrected chi connectivity index (χ1v) is 11.0. The van der Waals surface area contributed by atoms with Gasteiger partial charge in [-0.25, -0.2) is 24.4 Å². The predicted octanol–water partition coefficient (Wildman–Crippen LogP) is 5.07. The number of carbonyl (C=O) groups is 2. The van der Waals surface area contributed by atoms with Crippen LogP contribution in [0.2, 0.25) is 10.0 Å². The van der Waals surface area contributed by atoms with Gasteiger partial charge in [-0.3, -0.25) is 4.90 Å². The Bertz CT molecular complexity index is 1390. The quantitative estimate of drug-likeness (QED) is 0.360. The number of H-pyrrole nitrogens is 1. The second kappa shape index (κ2) is 9.12. The summed E-state index contributed by atoms with van der Waals surface area (Å²) in [6.07, 6.45) is -5.22. The fourth-order valence-corrected chi connectivity index (χ4v) is 4.05. The summed E-state index contributed by atoms with van der Waals surface area (Å²) in [4.78, 5) is 37.1. The number of imidazole rings is 1. The molecule has 34 heavy (non-hydrogen) atoms. The van der Waals surface area contributed by atoms with Crippen molar-refractivity contribution in [3.63, 3.8) is 0 Å². The smallest absolute Gasteiger partial charge is 0.307 e. The maximum Gasteiger partial charge on any atom is 0.495 e. The molecule has 0 saturated heterocycles. The highest BCUT2D eigenvalue weighted by Gasteiger charge is 2.44. The van der Waals surface area contributed by atoms with Crippen LogP contribution in [0, 0.1) is 0 Å². The Balaban J connectivity index is 1.69. The van der Waals surface area contributed by atoms with Gasteiger partial charge in [-0.05, 0) is 35.1 Å². The van der Waals surface area contributed by atoms with Gasteiger partial charge in [-0.1, -0.05) is 23.2 Å². The van der Waals surface area contributed by atoms with Gasteiger partial charge in [0, 0.05) is 29.2 Å². The van der Waals surface area contributed by atoms with Crippen LogP contribution in [0.5, 0.6) is 0 Å². The largest absolute Gasteiger partial charge is 0.495 e. The topological polar surface area (TPSA) is 91.2 Å². The number of aromatic amines is 1. The number of hydrogen-bond acceptors (Lipinski definition) is 5. The molecular formula is C20H13Cl2F3N5O3S+. The molecule has 0 radical (unpaired) electrons. The summed E-state index contributed by atoms with van der Waals surface area (Å²) in [7, 11) is 1.48. The zero-order valence-electron chi connectivity index (χ0n) is 17.0. The van der Waals surface area contributed by atoms with E-state index in [-0.39, 0.29) is 27.7 Å². The fraction of sp³-hybridized carbons (Fsp3) is 0.100. The average molecular weight is 531 g/mol. The number of rotatable bonds is 4. The summed E-state index contributed by atoms with van der Waals surface area (Å²) in [5.74, 6) is -2.40. The molecule has 0 spiro atoms.